The summed E-state index contributed by atoms with van der Waals surface area (Å²) in [5.41, 5.74) is 4.60. The smallest absolute Gasteiger partial charge is 0.273 e. The summed E-state index contributed by atoms with van der Waals surface area (Å²) in [6.07, 6.45) is 3.48. The van der Waals surface area contributed by atoms with Crippen LogP contribution in [-0.2, 0) is 6.54 Å². The number of nitrogens with zero attached hydrogens (tertiary/aromatic N) is 3. The summed E-state index contributed by atoms with van der Waals surface area (Å²) in [5, 5.41) is 8.10. The lowest BCUT2D eigenvalue weighted by atomic mass is 9.95. The number of benzene rings is 2. The van der Waals surface area contributed by atoms with E-state index in [9.17, 15) is 4.79 Å². The molecule has 33 heavy (non-hydrogen) atoms. The molecule has 4 aromatic rings. The number of fused-ring (bicyclic) bond motifs is 1. The van der Waals surface area contributed by atoms with E-state index in [0.717, 1.165) is 22.3 Å². The van der Waals surface area contributed by atoms with Crippen molar-refractivity contribution in [2.75, 3.05) is 14.2 Å². The number of hydrogen-bond acceptors (Lipinski definition) is 5. The molecule has 7 nitrogen and oxygen atoms in total. The zero-order valence-electron chi connectivity index (χ0n) is 18.1. The minimum absolute atomic E-state index is 0.135. The summed E-state index contributed by atoms with van der Waals surface area (Å²) in [4.78, 5) is 19.6. The maximum atomic E-state index is 13.6. The highest BCUT2D eigenvalue weighted by molar-refractivity contribution is 6.30. The second kappa shape index (κ2) is 8.60. The number of amides is 1. The number of H-pyrrole nitrogens is 1. The van der Waals surface area contributed by atoms with E-state index in [1.807, 2.05) is 59.5 Å². The molecule has 0 spiro atoms. The van der Waals surface area contributed by atoms with Crippen molar-refractivity contribution in [1.29, 1.82) is 0 Å². The molecule has 1 amide bonds. The van der Waals surface area contributed by atoms with Crippen molar-refractivity contribution in [1.82, 2.24) is 20.1 Å². The first-order valence-corrected chi connectivity index (χ1v) is 10.7. The van der Waals surface area contributed by atoms with Crippen LogP contribution in [0.3, 0.4) is 0 Å². The first kappa shape index (κ1) is 21.0. The molecule has 3 heterocycles. The molecule has 1 aliphatic heterocycles. The van der Waals surface area contributed by atoms with Crippen molar-refractivity contribution in [2.24, 2.45) is 0 Å². The average molecular weight is 461 g/mol. The van der Waals surface area contributed by atoms with Gasteiger partial charge in [0.25, 0.3) is 5.91 Å². The summed E-state index contributed by atoms with van der Waals surface area (Å²) in [5.74, 6) is 1.16. The van der Waals surface area contributed by atoms with Gasteiger partial charge < -0.3 is 14.4 Å². The molecule has 2 aromatic heterocycles. The van der Waals surface area contributed by atoms with Crippen LogP contribution in [-0.4, -0.2) is 40.2 Å². The summed E-state index contributed by atoms with van der Waals surface area (Å²) >= 11 is 6.09. The largest absolute Gasteiger partial charge is 0.497 e. The van der Waals surface area contributed by atoms with E-state index in [1.165, 1.54) is 0 Å². The second-order valence-electron chi connectivity index (χ2n) is 7.67. The van der Waals surface area contributed by atoms with E-state index in [2.05, 4.69) is 15.2 Å². The van der Waals surface area contributed by atoms with Gasteiger partial charge in [-0.2, -0.15) is 5.10 Å². The average Bonchev–Trinajstić information content (AvgIpc) is 3.39. The Bertz CT molecular complexity index is 1310. The lowest BCUT2D eigenvalue weighted by Crippen LogP contribution is -2.29. The topological polar surface area (TPSA) is 80.3 Å². The monoisotopic (exact) mass is 460 g/mol. The number of pyridine rings is 1. The van der Waals surface area contributed by atoms with Gasteiger partial charge in [-0.3, -0.25) is 14.9 Å². The lowest BCUT2D eigenvalue weighted by Gasteiger charge is -2.27. The number of ether oxygens (including phenoxy) is 2. The fourth-order valence-corrected chi connectivity index (χ4v) is 4.37. The molecular formula is C25H21ClN4O3. The van der Waals surface area contributed by atoms with Gasteiger partial charge in [-0.1, -0.05) is 29.8 Å². The molecule has 1 unspecified atom stereocenters. The van der Waals surface area contributed by atoms with Crippen molar-refractivity contribution in [3.63, 3.8) is 0 Å². The lowest BCUT2D eigenvalue weighted by molar-refractivity contribution is 0.0728. The molecule has 0 bridgehead atoms. The predicted molar refractivity (Wildman–Crippen MR) is 125 cm³/mol. The second-order valence-corrected chi connectivity index (χ2v) is 8.11. The van der Waals surface area contributed by atoms with Gasteiger partial charge in [0.2, 0.25) is 0 Å². The van der Waals surface area contributed by atoms with Crippen LogP contribution < -0.4 is 9.47 Å². The van der Waals surface area contributed by atoms with E-state index in [4.69, 9.17) is 21.1 Å². The highest BCUT2D eigenvalue weighted by atomic mass is 35.5. The SMILES string of the molecule is COc1ccc(C2c3c(-c4ccc(Cl)cc4)n[nH]c3C(=O)N2Cc2cccnc2)c(OC)c1. The number of carbonyl (C=O) groups is 1. The number of carbonyl (C=O) groups excluding carboxylic acids is 1. The zero-order valence-corrected chi connectivity index (χ0v) is 18.8. The van der Waals surface area contributed by atoms with Crippen molar-refractivity contribution >= 4 is 17.5 Å². The molecule has 1 aliphatic rings. The third-order valence-electron chi connectivity index (χ3n) is 5.79. The van der Waals surface area contributed by atoms with Gasteiger partial charge in [-0.25, -0.2) is 0 Å². The Hall–Kier alpha value is -3.84. The van der Waals surface area contributed by atoms with Gasteiger partial charge >= 0.3 is 0 Å². The van der Waals surface area contributed by atoms with Crippen LogP contribution in [0.25, 0.3) is 11.3 Å². The fraction of sp³-hybridized carbons (Fsp3) is 0.160. The maximum absolute atomic E-state index is 13.6. The van der Waals surface area contributed by atoms with Gasteiger partial charge in [0.15, 0.2) is 0 Å². The normalized spacial score (nSPS) is 14.9. The molecule has 0 saturated carbocycles. The third-order valence-corrected chi connectivity index (χ3v) is 6.04. The predicted octanol–water partition coefficient (Wildman–Crippen LogP) is 4.89. The van der Waals surface area contributed by atoms with Crippen LogP contribution in [0, 0.1) is 0 Å². The Morgan fingerprint density at radius 1 is 1.09 bits per heavy atom. The fourth-order valence-electron chi connectivity index (χ4n) is 4.24. The Labute approximate surface area is 195 Å². The van der Waals surface area contributed by atoms with Crippen LogP contribution in [0.15, 0.2) is 67.0 Å². The van der Waals surface area contributed by atoms with Crippen LogP contribution in [0.4, 0.5) is 0 Å². The minimum atomic E-state index is -0.419. The van der Waals surface area contributed by atoms with Gasteiger partial charge in [0.05, 0.1) is 26.0 Å². The van der Waals surface area contributed by atoms with Crippen molar-refractivity contribution in [3.8, 4) is 22.8 Å². The Morgan fingerprint density at radius 2 is 1.91 bits per heavy atom. The van der Waals surface area contributed by atoms with Crippen molar-refractivity contribution < 1.29 is 14.3 Å². The molecule has 0 aliphatic carbocycles. The van der Waals surface area contributed by atoms with Gasteiger partial charge in [0, 0.05) is 46.7 Å². The first-order valence-electron chi connectivity index (χ1n) is 10.4. The summed E-state index contributed by atoms with van der Waals surface area (Å²) in [7, 11) is 3.21. The molecule has 166 valence electrons. The van der Waals surface area contributed by atoms with E-state index < -0.39 is 6.04 Å². The molecule has 0 fully saturated rings. The number of rotatable bonds is 6. The maximum Gasteiger partial charge on any atom is 0.273 e. The van der Waals surface area contributed by atoms with E-state index >= 15 is 0 Å². The van der Waals surface area contributed by atoms with Crippen molar-refractivity contribution in [3.05, 3.63) is 94.4 Å². The van der Waals surface area contributed by atoms with Crippen LogP contribution >= 0.6 is 11.6 Å². The minimum Gasteiger partial charge on any atom is -0.497 e. The molecule has 8 heteroatoms. The van der Waals surface area contributed by atoms with Gasteiger partial charge in [0.1, 0.15) is 17.2 Å². The molecule has 0 radical (unpaired) electrons. The number of halogens is 1. The molecule has 5 rings (SSSR count). The van der Waals surface area contributed by atoms with E-state index in [-0.39, 0.29) is 5.91 Å². The Balaban J connectivity index is 1.68. The van der Waals surface area contributed by atoms with E-state index in [0.29, 0.717) is 34.5 Å². The quantitative estimate of drug-likeness (QED) is 0.443. The van der Waals surface area contributed by atoms with E-state index in [1.54, 1.807) is 26.6 Å². The van der Waals surface area contributed by atoms with Gasteiger partial charge in [-0.05, 0) is 35.9 Å². The highest BCUT2D eigenvalue weighted by Gasteiger charge is 2.43. The highest BCUT2D eigenvalue weighted by Crippen LogP contribution is 2.46. The van der Waals surface area contributed by atoms with Crippen LogP contribution in [0.1, 0.15) is 33.2 Å². The summed E-state index contributed by atoms with van der Waals surface area (Å²) in [6, 6.07) is 16.4. The molecule has 2 aromatic carbocycles. The molecular weight excluding hydrogens is 440 g/mol. The van der Waals surface area contributed by atoms with Gasteiger partial charge in [-0.15, -0.1) is 0 Å². The molecule has 0 saturated heterocycles. The Morgan fingerprint density at radius 3 is 2.61 bits per heavy atom. The number of methoxy groups -OCH3 is 2. The molecule has 1 atom stereocenters. The summed E-state index contributed by atoms with van der Waals surface area (Å²) < 4.78 is 11.1. The number of hydrogen-bond donors (Lipinski definition) is 1. The molecule has 1 N–H and O–H groups in total. The standard InChI is InChI=1S/C25H21ClN4O3/c1-32-18-9-10-19(20(12-18)33-2)24-21-22(16-5-7-17(26)8-6-16)28-29-23(21)25(31)30(24)14-15-4-3-11-27-13-15/h3-13,24H,14H2,1-2H3,(H,28,29). The van der Waals surface area contributed by atoms with Crippen LogP contribution in [0.5, 0.6) is 11.5 Å². The zero-order chi connectivity index (χ0) is 22.9. The first-order chi connectivity index (χ1) is 16.1. The number of aromatic nitrogens is 3. The Kier molecular flexibility index (Phi) is 5.48. The van der Waals surface area contributed by atoms with Crippen LogP contribution in [0.2, 0.25) is 5.02 Å². The number of nitrogens with one attached hydrogen (secondary N) is 1. The van der Waals surface area contributed by atoms with Crippen molar-refractivity contribution in [2.45, 2.75) is 12.6 Å². The number of aromatic amines is 1. The summed E-state index contributed by atoms with van der Waals surface area (Å²) in [6.45, 7) is 0.384. The third kappa shape index (κ3) is 3.70.